The number of aryl methyl sites for hydroxylation is 2. The second kappa shape index (κ2) is 5.54. The third-order valence-electron chi connectivity index (χ3n) is 3.17. The Labute approximate surface area is 124 Å². The van der Waals surface area contributed by atoms with Crippen LogP contribution < -0.4 is 0 Å². The molecular weight excluding hydrogens is 298 g/mol. The van der Waals surface area contributed by atoms with Crippen LogP contribution >= 0.6 is 11.6 Å². The van der Waals surface area contributed by atoms with Crippen LogP contribution in [0.5, 0.6) is 0 Å². The third kappa shape index (κ3) is 3.02. The fourth-order valence-electron chi connectivity index (χ4n) is 2.11. The number of allylic oxidation sites excluding steroid dienone is 2. The molecule has 1 atom stereocenters. The summed E-state index contributed by atoms with van der Waals surface area (Å²) >= 11 is 5.85. The summed E-state index contributed by atoms with van der Waals surface area (Å²) in [6, 6.07) is 5.75. The highest BCUT2D eigenvalue weighted by Crippen LogP contribution is 2.25. The van der Waals surface area contributed by atoms with Crippen molar-refractivity contribution in [3.8, 4) is 0 Å². The van der Waals surface area contributed by atoms with Crippen LogP contribution in [0.4, 0.5) is 0 Å². The van der Waals surface area contributed by atoms with Crippen LogP contribution in [0, 0.1) is 19.1 Å². The Hall–Kier alpha value is -1.40. The van der Waals surface area contributed by atoms with Gasteiger partial charge in [0, 0.05) is 11.6 Å². The zero-order chi connectivity index (χ0) is 14.9. The van der Waals surface area contributed by atoms with Gasteiger partial charge in [-0.1, -0.05) is 35.4 Å². The molecule has 0 aromatic heterocycles. The van der Waals surface area contributed by atoms with Gasteiger partial charge in [0.15, 0.2) is 0 Å². The number of benzene rings is 1. The summed E-state index contributed by atoms with van der Waals surface area (Å²) in [5, 5.41) is 13.1. The van der Waals surface area contributed by atoms with Gasteiger partial charge in [-0.25, -0.2) is 0 Å². The van der Waals surface area contributed by atoms with Crippen LogP contribution in [0.25, 0.3) is 0 Å². The molecule has 6 heteroatoms. The van der Waals surface area contributed by atoms with Crippen molar-refractivity contribution in [1.29, 1.82) is 0 Å². The third-order valence-corrected chi connectivity index (χ3v) is 4.18. The predicted octanol–water partition coefficient (Wildman–Crippen LogP) is 2.78. The molecule has 4 nitrogen and oxygen atoms in total. The molecule has 0 N–H and O–H groups in total. The van der Waals surface area contributed by atoms with E-state index in [2.05, 4.69) is 0 Å². The Morgan fingerprint density at radius 1 is 1.25 bits per heavy atom. The zero-order valence-corrected chi connectivity index (χ0v) is 12.7. The Balaban J connectivity index is 2.52. The fourth-order valence-corrected chi connectivity index (χ4v) is 2.88. The number of halogens is 1. The van der Waals surface area contributed by atoms with Crippen LogP contribution in [0.1, 0.15) is 16.7 Å². The maximum absolute atomic E-state index is 12.8. The molecule has 20 heavy (non-hydrogen) atoms. The van der Waals surface area contributed by atoms with Gasteiger partial charge in [0.2, 0.25) is 0 Å². The van der Waals surface area contributed by atoms with E-state index in [1.165, 1.54) is 18.4 Å². The van der Waals surface area contributed by atoms with Crippen molar-refractivity contribution in [3.05, 3.63) is 63.5 Å². The summed E-state index contributed by atoms with van der Waals surface area (Å²) in [6.45, 7) is 3.81. The molecule has 0 fully saturated rings. The molecule has 0 aliphatic carbocycles. The van der Waals surface area contributed by atoms with Crippen molar-refractivity contribution in [2.24, 2.45) is 0 Å². The lowest BCUT2D eigenvalue weighted by atomic mass is 10.0. The summed E-state index contributed by atoms with van der Waals surface area (Å²) in [5.41, 5.74) is 2.77. The molecule has 1 unspecified atom stereocenters. The lowest BCUT2D eigenvalue weighted by molar-refractivity contribution is -0.745. The molecule has 106 valence electrons. The highest BCUT2D eigenvalue weighted by atomic mass is 35.5. The van der Waals surface area contributed by atoms with E-state index in [1.54, 1.807) is 0 Å². The van der Waals surface area contributed by atoms with Gasteiger partial charge >= 0.3 is 0 Å². The van der Waals surface area contributed by atoms with E-state index in [9.17, 15) is 13.6 Å². The standard InChI is InChI=1S/C14H14ClNO3S/c1-10-3-4-11(2)12(7-10)8-16(17)9-13(15)5-6-14(16)20(18)19/h3-7,9H,8H2,1-2H3. The summed E-state index contributed by atoms with van der Waals surface area (Å²) in [4.78, 5) is -0.240. The number of hydrogen-bond acceptors (Lipinski definition) is 3. The van der Waals surface area contributed by atoms with Crippen molar-refractivity contribution in [3.63, 3.8) is 0 Å². The monoisotopic (exact) mass is 311 g/mol. The lowest BCUT2D eigenvalue weighted by Crippen LogP contribution is -2.43. The van der Waals surface area contributed by atoms with E-state index < -0.39 is 14.9 Å². The molecule has 1 aromatic carbocycles. The summed E-state index contributed by atoms with van der Waals surface area (Å²) in [6.07, 6.45) is 3.86. The first-order chi connectivity index (χ1) is 9.32. The molecule has 0 amide bonds. The number of nitrogens with zero attached hydrogens (tertiary/aromatic N) is 1. The first-order valence-electron chi connectivity index (χ1n) is 6.00. The minimum absolute atomic E-state index is 0.00259. The minimum Gasteiger partial charge on any atom is -0.621 e. The Bertz CT molecular complexity index is 742. The van der Waals surface area contributed by atoms with Gasteiger partial charge in [-0.2, -0.15) is 8.42 Å². The van der Waals surface area contributed by atoms with Crippen LogP contribution in [0.3, 0.4) is 0 Å². The molecule has 1 aliphatic rings. The van der Waals surface area contributed by atoms with Crippen molar-refractivity contribution >= 4 is 26.9 Å². The van der Waals surface area contributed by atoms with Crippen molar-refractivity contribution in [2.75, 3.05) is 0 Å². The molecule has 0 spiro atoms. The highest BCUT2D eigenvalue weighted by molar-refractivity contribution is 7.72. The summed E-state index contributed by atoms with van der Waals surface area (Å²) in [5.74, 6) is 0. The zero-order valence-electron chi connectivity index (χ0n) is 11.1. The Morgan fingerprint density at radius 2 is 1.95 bits per heavy atom. The molecule has 0 radical (unpaired) electrons. The van der Waals surface area contributed by atoms with E-state index in [0.717, 1.165) is 16.7 Å². The molecule has 1 aromatic rings. The van der Waals surface area contributed by atoms with Gasteiger partial charge in [-0.15, -0.1) is 0 Å². The molecule has 0 bridgehead atoms. The van der Waals surface area contributed by atoms with E-state index in [1.807, 2.05) is 32.0 Å². The highest BCUT2D eigenvalue weighted by Gasteiger charge is 2.27. The average Bonchev–Trinajstić information content (AvgIpc) is 2.32. The van der Waals surface area contributed by atoms with Gasteiger partial charge in [0.25, 0.3) is 15.3 Å². The van der Waals surface area contributed by atoms with Gasteiger partial charge in [0.05, 0.1) is 5.03 Å². The second-order valence-electron chi connectivity index (χ2n) is 4.80. The van der Waals surface area contributed by atoms with E-state index in [4.69, 9.17) is 11.6 Å². The Morgan fingerprint density at radius 3 is 2.60 bits per heavy atom. The quantitative estimate of drug-likeness (QED) is 0.479. The number of hydrogen-bond donors (Lipinski definition) is 0. The van der Waals surface area contributed by atoms with Crippen LogP contribution in [0.15, 0.2) is 41.6 Å². The molecular formula is C14H14ClNO3S. The average molecular weight is 312 g/mol. The van der Waals surface area contributed by atoms with Gasteiger partial charge in [0.1, 0.15) is 12.7 Å². The van der Waals surface area contributed by atoms with Crippen molar-refractivity contribution in [1.82, 2.24) is 0 Å². The maximum Gasteiger partial charge on any atom is 0.277 e. The van der Waals surface area contributed by atoms with E-state index in [-0.39, 0.29) is 16.6 Å². The van der Waals surface area contributed by atoms with E-state index >= 15 is 0 Å². The summed E-state index contributed by atoms with van der Waals surface area (Å²) < 4.78 is 21.4. The van der Waals surface area contributed by atoms with Crippen LogP contribution in [0.2, 0.25) is 0 Å². The van der Waals surface area contributed by atoms with Gasteiger partial charge in [-0.05, 0) is 25.5 Å². The topological polar surface area (TPSA) is 57.2 Å². The molecule has 2 rings (SSSR count). The van der Waals surface area contributed by atoms with Gasteiger partial charge < -0.3 is 5.21 Å². The first-order valence-corrected chi connectivity index (χ1v) is 7.45. The van der Waals surface area contributed by atoms with Gasteiger partial charge in [-0.3, -0.25) is 4.65 Å². The first kappa shape index (κ1) is 15.0. The SMILES string of the molecule is Cc1ccc(C)c(C[N+]2([O-])C=C(Cl)C=CC2=S(=O)=O)c1. The smallest absolute Gasteiger partial charge is 0.277 e. The molecule has 0 saturated heterocycles. The summed E-state index contributed by atoms with van der Waals surface area (Å²) in [7, 11) is -2.59. The predicted molar refractivity (Wildman–Crippen MR) is 80.3 cm³/mol. The lowest BCUT2D eigenvalue weighted by Gasteiger charge is -2.38. The number of quaternary nitrogens is 1. The largest absolute Gasteiger partial charge is 0.621 e. The Kier molecular flexibility index (Phi) is 4.15. The number of hydroxylamine groups is 3. The molecule has 0 saturated carbocycles. The number of rotatable bonds is 2. The maximum atomic E-state index is 12.8. The fraction of sp³-hybridized carbons (Fsp3) is 0.214. The van der Waals surface area contributed by atoms with Crippen LogP contribution in [-0.4, -0.2) is 18.1 Å². The molecule has 1 aliphatic heterocycles. The second-order valence-corrected chi connectivity index (χ2v) is 6.13. The van der Waals surface area contributed by atoms with Crippen LogP contribution in [-0.2, 0) is 16.8 Å². The minimum atomic E-state index is -2.59. The normalized spacial score (nSPS) is 21.8. The van der Waals surface area contributed by atoms with Crippen molar-refractivity contribution < 1.29 is 13.1 Å². The van der Waals surface area contributed by atoms with E-state index in [0.29, 0.717) is 0 Å². The van der Waals surface area contributed by atoms with Crippen molar-refractivity contribution in [2.45, 2.75) is 20.4 Å². The molecule has 1 heterocycles.